The van der Waals surface area contributed by atoms with Gasteiger partial charge in [-0.25, -0.2) is 9.97 Å². The van der Waals surface area contributed by atoms with Crippen LogP contribution in [0.15, 0.2) is 60.7 Å². The highest BCUT2D eigenvalue weighted by atomic mass is 16.1. The molecule has 0 spiro atoms. The fourth-order valence-corrected chi connectivity index (χ4v) is 2.83. The van der Waals surface area contributed by atoms with Crippen molar-refractivity contribution in [2.75, 3.05) is 5.32 Å². The van der Waals surface area contributed by atoms with Gasteiger partial charge in [0.25, 0.3) is 5.91 Å². The molecule has 25 heavy (non-hydrogen) atoms. The number of para-hydroxylation sites is 2. The van der Waals surface area contributed by atoms with Gasteiger partial charge in [-0.15, -0.1) is 0 Å². The minimum atomic E-state index is -0.148. The highest BCUT2D eigenvalue weighted by Gasteiger charge is 2.10. The fraction of sp³-hybridized carbons (Fsp3) is 0.0952. The van der Waals surface area contributed by atoms with Gasteiger partial charge in [0, 0.05) is 11.3 Å². The number of rotatable bonds is 2. The van der Waals surface area contributed by atoms with E-state index in [1.165, 1.54) is 0 Å². The second kappa shape index (κ2) is 5.98. The molecule has 0 aliphatic rings. The van der Waals surface area contributed by atoms with Crippen molar-refractivity contribution in [1.82, 2.24) is 9.97 Å². The zero-order valence-corrected chi connectivity index (χ0v) is 14.1. The molecule has 0 aliphatic heterocycles. The van der Waals surface area contributed by atoms with Crippen LogP contribution in [0.1, 0.15) is 21.5 Å². The van der Waals surface area contributed by atoms with Crippen molar-refractivity contribution in [3.05, 3.63) is 77.4 Å². The summed E-state index contributed by atoms with van der Waals surface area (Å²) in [5, 5.41) is 2.98. The molecule has 1 N–H and O–H groups in total. The van der Waals surface area contributed by atoms with Crippen LogP contribution in [-0.2, 0) is 0 Å². The number of hydrogen-bond donors (Lipinski definition) is 1. The number of benzene rings is 3. The molecule has 1 heterocycles. The summed E-state index contributed by atoms with van der Waals surface area (Å²) in [6.07, 6.45) is 0. The average Bonchev–Trinajstić information content (AvgIpc) is 2.62. The zero-order chi connectivity index (χ0) is 17.4. The van der Waals surface area contributed by atoms with E-state index in [1.807, 2.05) is 62.4 Å². The van der Waals surface area contributed by atoms with E-state index >= 15 is 0 Å². The Hall–Kier alpha value is -3.27. The standard InChI is InChI=1S/C21H17N3O/c1-13-7-8-14(2)19(11-13)24-21(25)15-9-10-18-20(12-15)23-17-6-4-3-5-16(17)22-18/h3-12H,1-2H3,(H,24,25). The molecule has 4 heteroatoms. The summed E-state index contributed by atoms with van der Waals surface area (Å²) < 4.78 is 0. The van der Waals surface area contributed by atoms with Gasteiger partial charge < -0.3 is 5.32 Å². The van der Waals surface area contributed by atoms with E-state index < -0.39 is 0 Å². The number of aryl methyl sites for hydroxylation is 2. The van der Waals surface area contributed by atoms with E-state index in [1.54, 1.807) is 12.1 Å². The first-order valence-electron chi connectivity index (χ1n) is 8.15. The maximum atomic E-state index is 12.6. The molecule has 4 nitrogen and oxygen atoms in total. The first-order chi connectivity index (χ1) is 12.1. The molecule has 0 fully saturated rings. The molecule has 0 saturated carbocycles. The van der Waals surface area contributed by atoms with Gasteiger partial charge >= 0.3 is 0 Å². The van der Waals surface area contributed by atoms with Gasteiger partial charge in [-0.2, -0.15) is 0 Å². The number of nitrogens with one attached hydrogen (secondary N) is 1. The van der Waals surface area contributed by atoms with Gasteiger partial charge in [0.05, 0.1) is 22.1 Å². The van der Waals surface area contributed by atoms with E-state index in [-0.39, 0.29) is 5.91 Å². The van der Waals surface area contributed by atoms with E-state index in [0.29, 0.717) is 11.1 Å². The van der Waals surface area contributed by atoms with Crippen molar-refractivity contribution in [2.24, 2.45) is 0 Å². The van der Waals surface area contributed by atoms with Gasteiger partial charge in [-0.1, -0.05) is 24.3 Å². The lowest BCUT2D eigenvalue weighted by Crippen LogP contribution is -2.13. The lowest BCUT2D eigenvalue weighted by molar-refractivity contribution is 0.102. The Labute approximate surface area is 145 Å². The summed E-state index contributed by atoms with van der Waals surface area (Å²) in [7, 11) is 0. The zero-order valence-electron chi connectivity index (χ0n) is 14.1. The maximum Gasteiger partial charge on any atom is 0.255 e. The smallest absolute Gasteiger partial charge is 0.255 e. The Kier molecular flexibility index (Phi) is 3.65. The van der Waals surface area contributed by atoms with Gasteiger partial charge in [0.15, 0.2) is 0 Å². The number of carbonyl (C=O) groups is 1. The van der Waals surface area contributed by atoms with Crippen LogP contribution in [0.2, 0.25) is 0 Å². The Morgan fingerprint density at radius 1 is 0.800 bits per heavy atom. The number of nitrogens with zero attached hydrogens (tertiary/aromatic N) is 2. The number of fused-ring (bicyclic) bond motifs is 2. The average molecular weight is 327 g/mol. The molecule has 0 radical (unpaired) electrons. The molecule has 0 saturated heterocycles. The number of amides is 1. The minimum Gasteiger partial charge on any atom is -0.322 e. The van der Waals surface area contributed by atoms with Crippen molar-refractivity contribution in [2.45, 2.75) is 13.8 Å². The topological polar surface area (TPSA) is 54.9 Å². The third-order valence-electron chi connectivity index (χ3n) is 4.24. The molecule has 122 valence electrons. The van der Waals surface area contributed by atoms with Crippen LogP contribution >= 0.6 is 0 Å². The monoisotopic (exact) mass is 327 g/mol. The molecule has 3 aromatic carbocycles. The van der Waals surface area contributed by atoms with Crippen LogP contribution in [0.4, 0.5) is 5.69 Å². The molecule has 1 amide bonds. The summed E-state index contributed by atoms with van der Waals surface area (Å²) >= 11 is 0. The molecule has 0 bridgehead atoms. The summed E-state index contributed by atoms with van der Waals surface area (Å²) in [6, 6.07) is 19.1. The van der Waals surface area contributed by atoms with E-state index in [0.717, 1.165) is 33.4 Å². The fourth-order valence-electron chi connectivity index (χ4n) is 2.83. The number of aromatic nitrogens is 2. The first-order valence-corrected chi connectivity index (χ1v) is 8.15. The van der Waals surface area contributed by atoms with E-state index in [9.17, 15) is 4.79 Å². The number of hydrogen-bond acceptors (Lipinski definition) is 3. The summed E-state index contributed by atoms with van der Waals surface area (Å²) in [5.74, 6) is -0.148. The van der Waals surface area contributed by atoms with Crippen molar-refractivity contribution < 1.29 is 4.79 Å². The van der Waals surface area contributed by atoms with Crippen molar-refractivity contribution in [3.63, 3.8) is 0 Å². The SMILES string of the molecule is Cc1ccc(C)c(NC(=O)c2ccc3nc4ccccc4nc3c2)c1. The Bertz CT molecular complexity index is 1120. The third-order valence-corrected chi connectivity index (χ3v) is 4.24. The van der Waals surface area contributed by atoms with Crippen LogP contribution in [-0.4, -0.2) is 15.9 Å². The van der Waals surface area contributed by atoms with E-state index in [4.69, 9.17) is 0 Å². The minimum absolute atomic E-state index is 0.148. The largest absolute Gasteiger partial charge is 0.322 e. The molecule has 0 atom stereocenters. The molecular weight excluding hydrogens is 310 g/mol. The van der Waals surface area contributed by atoms with Crippen LogP contribution in [0.25, 0.3) is 22.1 Å². The van der Waals surface area contributed by atoms with Gasteiger partial charge in [0.1, 0.15) is 0 Å². The highest BCUT2D eigenvalue weighted by molar-refractivity contribution is 6.06. The van der Waals surface area contributed by atoms with Gasteiger partial charge in [-0.05, 0) is 61.4 Å². The maximum absolute atomic E-state index is 12.6. The Morgan fingerprint density at radius 3 is 2.24 bits per heavy atom. The second-order valence-corrected chi connectivity index (χ2v) is 6.19. The van der Waals surface area contributed by atoms with Crippen LogP contribution in [0.5, 0.6) is 0 Å². The second-order valence-electron chi connectivity index (χ2n) is 6.19. The molecule has 4 rings (SSSR count). The number of anilines is 1. The van der Waals surface area contributed by atoms with Crippen molar-refractivity contribution >= 4 is 33.7 Å². The predicted molar refractivity (Wildman–Crippen MR) is 101 cm³/mol. The van der Waals surface area contributed by atoms with Gasteiger partial charge in [-0.3, -0.25) is 4.79 Å². The first kappa shape index (κ1) is 15.3. The molecular formula is C21H17N3O. The molecule has 1 aromatic heterocycles. The summed E-state index contributed by atoms with van der Waals surface area (Å²) in [4.78, 5) is 21.8. The lowest BCUT2D eigenvalue weighted by atomic mass is 10.1. The third kappa shape index (κ3) is 2.94. The van der Waals surface area contributed by atoms with Crippen molar-refractivity contribution in [3.8, 4) is 0 Å². The quantitative estimate of drug-likeness (QED) is 0.545. The van der Waals surface area contributed by atoms with Crippen LogP contribution < -0.4 is 5.32 Å². The van der Waals surface area contributed by atoms with Crippen LogP contribution in [0, 0.1) is 13.8 Å². The van der Waals surface area contributed by atoms with E-state index in [2.05, 4.69) is 15.3 Å². The van der Waals surface area contributed by atoms with Crippen molar-refractivity contribution in [1.29, 1.82) is 0 Å². The Balaban J connectivity index is 1.72. The van der Waals surface area contributed by atoms with Gasteiger partial charge in [0.2, 0.25) is 0 Å². The normalized spacial score (nSPS) is 11.0. The summed E-state index contributed by atoms with van der Waals surface area (Å²) in [5.41, 5.74) is 6.70. The molecule has 4 aromatic rings. The lowest BCUT2D eigenvalue weighted by Gasteiger charge is -2.10. The predicted octanol–water partition coefficient (Wildman–Crippen LogP) is 4.65. The molecule has 0 aliphatic carbocycles. The van der Waals surface area contributed by atoms with Crippen LogP contribution in [0.3, 0.4) is 0 Å². The highest BCUT2D eigenvalue weighted by Crippen LogP contribution is 2.20. The number of carbonyl (C=O) groups excluding carboxylic acids is 1. The summed E-state index contributed by atoms with van der Waals surface area (Å²) in [6.45, 7) is 3.98. The Morgan fingerprint density at radius 2 is 1.48 bits per heavy atom. The molecule has 0 unspecified atom stereocenters.